The molecule has 0 saturated carbocycles. The van der Waals surface area contributed by atoms with E-state index in [1.54, 1.807) is 6.07 Å². The number of rotatable bonds is 3. The van der Waals surface area contributed by atoms with Crippen LogP contribution in [0, 0.1) is 10.1 Å². The highest BCUT2D eigenvalue weighted by Crippen LogP contribution is 2.41. The molecule has 0 spiro atoms. The van der Waals surface area contributed by atoms with Crippen LogP contribution in [0.3, 0.4) is 0 Å². The Kier molecular flexibility index (Phi) is 3.80. The first-order valence-electron chi connectivity index (χ1n) is 5.72. The van der Waals surface area contributed by atoms with Gasteiger partial charge in [0, 0.05) is 16.6 Å². The normalized spacial score (nSPS) is 25.5. The quantitative estimate of drug-likeness (QED) is 0.656. The van der Waals surface area contributed by atoms with E-state index < -0.39 is 39.0 Å². The summed E-state index contributed by atoms with van der Waals surface area (Å²) in [7, 11) is 0. The maximum absolute atomic E-state index is 14.2. The van der Waals surface area contributed by atoms with Crippen molar-refractivity contribution in [3.63, 3.8) is 0 Å². The first-order valence-corrected chi connectivity index (χ1v) is 6.10. The van der Waals surface area contributed by atoms with Crippen molar-refractivity contribution in [3.05, 3.63) is 62.9 Å². The highest BCUT2D eigenvalue weighted by Gasteiger charge is 2.60. The number of carboxylic acids is 1. The number of aliphatic hydroxyl groups excluding tert-OH is 1. The van der Waals surface area contributed by atoms with Gasteiger partial charge in [0.05, 0.1) is 5.03 Å². The average Bonchev–Trinajstić information content (AvgIpc) is 2.43. The molecule has 2 unspecified atom stereocenters. The molecule has 0 bridgehead atoms. The molecule has 0 heterocycles. The van der Waals surface area contributed by atoms with E-state index in [9.17, 15) is 24.4 Å². The van der Waals surface area contributed by atoms with E-state index in [4.69, 9.17) is 16.7 Å². The van der Waals surface area contributed by atoms with Crippen LogP contribution in [0.5, 0.6) is 0 Å². The molecular weight excluding hydrogens is 305 g/mol. The number of aliphatic hydroxyl groups is 1. The van der Waals surface area contributed by atoms with Gasteiger partial charge in [0.2, 0.25) is 0 Å². The van der Waals surface area contributed by atoms with E-state index in [2.05, 4.69) is 0 Å². The zero-order valence-electron chi connectivity index (χ0n) is 10.4. The standard InChI is InChI=1S/C13H9ClFNO5/c14-8-6-13(12(18)19,16(20)21)11(17)9(10(8)15)7-4-2-1-3-5-7/h1-6,11,17H,(H,18,19). The van der Waals surface area contributed by atoms with Gasteiger partial charge in [0.25, 0.3) is 0 Å². The van der Waals surface area contributed by atoms with E-state index >= 15 is 0 Å². The minimum atomic E-state index is -2.93. The van der Waals surface area contributed by atoms with E-state index in [-0.39, 0.29) is 5.56 Å². The van der Waals surface area contributed by atoms with Gasteiger partial charge < -0.3 is 10.2 Å². The number of allylic oxidation sites excluding steroid dienone is 2. The van der Waals surface area contributed by atoms with Crippen LogP contribution in [-0.2, 0) is 4.79 Å². The SMILES string of the molecule is O=C(O)C1([N+](=O)[O-])C=C(Cl)C(F)=C(c2ccccc2)C1O. The van der Waals surface area contributed by atoms with Crippen LogP contribution in [0.15, 0.2) is 47.3 Å². The fourth-order valence-electron chi connectivity index (χ4n) is 2.12. The van der Waals surface area contributed by atoms with Gasteiger partial charge in [-0.1, -0.05) is 41.9 Å². The maximum atomic E-state index is 14.2. The van der Waals surface area contributed by atoms with Crippen LogP contribution in [-0.4, -0.2) is 32.7 Å². The number of carbonyl (C=O) groups is 1. The third-order valence-corrected chi connectivity index (χ3v) is 3.49. The molecular formula is C13H9ClFNO5. The topological polar surface area (TPSA) is 101 Å². The number of carboxylic acid groups (broad SMARTS) is 1. The van der Waals surface area contributed by atoms with Crippen molar-refractivity contribution < 1.29 is 24.3 Å². The molecule has 110 valence electrons. The number of aliphatic carboxylic acids is 1. The first kappa shape index (κ1) is 15.1. The van der Waals surface area contributed by atoms with Gasteiger partial charge in [-0.25, -0.2) is 9.18 Å². The average molecular weight is 314 g/mol. The largest absolute Gasteiger partial charge is 0.476 e. The number of hydrogen-bond acceptors (Lipinski definition) is 4. The monoisotopic (exact) mass is 313 g/mol. The Morgan fingerprint density at radius 1 is 1.38 bits per heavy atom. The van der Waals surface area contributed by atoms with Crippen molar-refractivity contribution in [1.82, 2.24) is 0 Å². The first-order chi connectivity index (χ1) is 9.82. The molecule has 1 aromatic rings. The zero-order chi connectivity index (χ0) is 15.8. The molecule has 0 amide bonds. The predicted octanol–water partition coefficient (Wildman–Crippen LogP) is 1.96. The number of hydrogen-bond donors (Lipinski definition) is 2. The lowest BCUT2D eigenvalue weighted by molar-refractivity contribution is -0.549. The molecule has 0 saturated heterocycles. The maximum Gasteiger partial charge on any atom is 0.390 e. The summed E-state index contributed by atoms with van der Waals surface area (Å²) < 4.78 is 14.2. The molecule has 0 aliphatic heterocycles. The number of benzene rings is 1. The van der Waals surface area contributed by atoms with Crippen molar-refractivity contribution in [2.75, 3.05) is 0 Å². The van der Waals surface area contributed by atoms with E-state index in [1.165, 1.54) is 24.3 Å². The summed E-state index contributed by atoms with van der Waals surface area (Å²) in [4.78, 5) is 21.3. The van der Waals surface area contributed by atoms with Crippen molar-refractivity contribution in [1.29, 1.82) is 0 Å². The summed E-state index contributed by atoms with van der Waals surface area (Å²) in [5.41, 5.74) is -3.35. The fraction of sp³-hybridized carbons (Fsp3) is 0.154. The molecule has 1 aromatic carbocycles. The lowest BCUT2D eigenvalue weighted by atomic mass is 9.80. The molecule has 6 nitrogen and oxygen atoms in total. The molecule has 0 aromatic heterocycles. The summed E-state index contributed by atoms with van der Waals surface area (Å²) in [6.45, 7) is 0. The van der Waals surface area contributed by atoms with E-state index in [0.29, 0.717) is 6.08 Å². The van der Waals surface area contributed by atoms with Gasteiger partial charge in [0.1, 0.15) is 5.83 Å². The van der Waals surface area contributed by atoms with Crippen LogP contribution in [0.2, 0.25) is 0 Å². The molecule has 1 aliphatic rings. The number of halogens is 2. The molecule has 2 rings (SSSR count). The van der Waals surface area contributed by atoms with Gasteiger partial charge in [-0.05, 0) is 5.56 Å². The highest BCUT2D eigenvalue weighted by atomic mass is 35.5. The number of nitro groups is 1. The molecule has 1 aliphatic carbocycles. The number of nitrogens with zero attached hydrogens (tertiary/aromatic N) is 1. The molecule has 2 atom stereocenters. The summed E-state index contributed by atoms with van der Waals surface area (Å²) in [5, 5.41) is 29.7. The summed E-state index contributed by atoms with van der Waals surface area (Å²) >= 11 is 5.60. The third-order valence-electron chi connectivity index (χ3n) is 3.21. The Morgan fingerprint density at radius 3 is 2.43 bits per heavy atom. The molecule has 0 fully saturated rings. The Labute approximate surface area is 122 Å². The summed E-state index contributed by atoms with van der Waals surface area (Å²) in [6, 6.07) is 7.43. The second-order valence-corrected chi connectivity index (χ2v) is 4.78. The predicted molar refractivity (Wildman–Crippen MR) is 71.8 cm³/mol. The Morgan fingerprint density at radius 2 is 1.95 bits per heavy atom. The smallest absolute Gasteiger partial charge is 0.390 e. The van der Waals surface area contributed by atoms with Crippen molar-refractivity contribution >= 4 is 23.1 Å². The van der Waals surface area contributed by atoms with Gasteiger partial charge in [0.15, 0.2) is 6.10 Å². The minimum Gasteiger partial charge on any atom is -0.476 e. The molecule has 0 radical (unpaired) electrons. The van der Waals surface area contributed by atoms with Gasteiger partial charge >= 0.3 is 11.5 Å². The summed E-state index contributed by atoms with van der Waals surface area (Å²) in [6.07, 6.45) is -1.81. The minimum absolute atomic E-state index is 0.112. The second-order valence-electron chi connectivity index (χ2n) is 4.38. The Hall–Kier alpha value is -2.25. The second kappa shape index (κ2) is 5.27. The van der Waals surface area contributed by atoms with Crippen molar-refractivity contribution in [2.45, 2.75) is 11.6 Å². The zero-order valence-corrected chi connectivity index (χ0v) is 11.1. The van der Waals surface area contributed by atoms with Gasteiger partial charge in [-0.15, -0.1) is 0 Å². The lowest BCUT2D eigenvalue weighted by Gasteiger charge is -2.29. The molecule has 2 N–H and O–H groups in total. The van der Waals surface area contributed by atoms with Crippen molar-refractivity contribution in [3.8, 4) is 0 Å². The van der Waals surface area contributed by atoms with Crippen LogP contribution in [0.25, 0.3) is 5.57 Å². The Balaban J connectivity index is 2.71. The van der Waals surface area contributed by atoms with Gasteiger partial charge in [-0.3, -0.25) is 10.1 Å². The Bertz CT molecular complexity index is 656. The van der Waals surface area contributed by atoms with Crippen LogP contribution >= 0.6 is 11.6 Å². The lowest BCUT2D eigenvalue weighted by Crippen LogP contribution is -2.56. The third kappa shape index (κ3) is 2.20. The van der Waals surface area contributed by atoms with Crippen LogP contribution < -0.4 is 0 Å². The fourth-order valence-corrected chi connectivity index (χ4v) is 2.38. The summed E-state index contributed by atoms with van der Waals surface area (Å²) in [5.74, 6) is -3.02. The molecule has 21 heavy (non-hydrogen) atoms. The van der Waals surface area contributed by atoms with E-state index in [1.807, 2.05) is 0 Å². The van der Waals surface area contributed by atoms with Crippen LogP contribution in [0.1, 0.15) is 5.56 Å². The molecule has 8 heteroatoms. The highest BCUT2D eigenvalue weighted by molar-refractivity contribution is 6.33. The van der Waals surface area contributed by atoms with Crippen molar-refractivity contribution in [2.24, 2.45) is 0 Å². The van der Waals surface area contributed by atoms with Crippen LogP contribution in [0.4, 0.5) is 4.39 Å². The van der Waals surface area contributed by atoms with E-state index in [0.717, 1.165) is 0 Å². The van der Waals surface area contributed by atoms with Gasteiger partial charge in [-0.2, -0.15) is 0 Å².